The van der Waals surface area contributed by atoms with Crippen LogP contribution in [0.1, 0.15) is 5.69 Å². The van der Waals surface area contributed by atoms with Gasteiger partial charge in [-0.3, -0.25) is 19.4 Å². The molecule has 0 fully saturated rings. The van der Waals surface area contributed by atoms with Gasteiger partial charge in [0.2, 0.25) is 0 Å². The summed E-state index contributed by atoms with van der Waals surface area (Å²) in [6, 6.07) is 2.06. The Balaban J connectivity index is 1.68. The van der Waals surface area contributed by atoms with E-state index in [1.54, 1.807) is 19.4 Å². The van der Waals surface area contributed by atoms with Crippen molar-refractivity contribution in [2.45, 2.75) is 11.1 Å². The quantitative estimate of drug-likeness (QED) is 0.540. The number of alkyl halides is 3. The second kappa shape index (κ2) is 6.55. The number of nitrogens with zero attached hydrogens (tertiary/aromatic N) is 6. The van der Waals surface area contributed by atoms with Crippen LogP contribution in [0.15, 0.2) is 54.2 Å². The van der Waals surface area contributed by atoms with Gasteiger partial charge in [-0.15, -0.1) is 0 Å². The minimum Gasteiger partial charge on any atom is -0.276 e. The maximum atomic E-state index is 12.8. The maximum absolute atomic E-state index is 12.8. The van der Waals surface area contributed by atoms with Crippen LogP contribution in [0.5, 0.6) is 0 Å². The maximum Gasteiger partial charge on any atom is 0.433 e. The first kappa shape index (κ1) is 18.9. The van der Waals surface area contributed by atoms with Crippen molar-refractivity contribution in [1.29, 1.82) is 0 Å². The largest absolute Gasteiger partial charge is 0.433 e. The molecule has 0 saturated carbocycles. The van der Waals surface area contributed by atoms with Gasteiger partial charge in [-0.2, -0.15) is 23.4 Å². The van der Waals surface area contributed by atoms with Crippen molar-refractivity contribution >= 4 is 26.6 Å². The molecule has 4 aromatic heterocycles. The molecule has 13 heteroatoms. The Morgan fingerprint density at radius 3 is 2.66 bits per heavy atom. The summed E-state index contributed by atoms with van der Waals surface area (Å²) in [6.45, 7) is 0. The van der Waals surface area contributed by atoms with E-state index in [-0.39, 0.29) is 16.3 Å². The fraction of sp³-hybridized carbons (Fsp3) is 0.125. The van der Waals surface area contributed by atoms with Gasteiger partial charge >= 0.3 is 6.18 Å². The van der Waals surface area contributed by atoms with Gasteiger partial charge in [0.05, 0.1) is 41.7 Å². The summed E-state index contributed by atoms with van der Waals surface area (Å²) < 4.78 is 68.9. The van der Waals surface area contributed by atoms with Gasteiger partial charge in [-0.05, 0) is 12.1 Å². The van der Waals surface area contributed by atoms with Crippen LogP contribution in [0.4, 0.5) is 18.9 Å². The zero-order chi connectivity index (χ0) is 20.8. The van der Waals surface area contributed by atoms with E-state index in [0.717, 1.165) is 29.3 Å². The van der Waals surface area contributed by atoms with Gasteiger partial charge in [0.1, 0.15) is 10.6 Å². The molecule has 0 aliphatic rings. The van der Waals surface area contributed by atoms with Crippen LogP contribution >= 0.6 is 0 Å². The molecule has 4 rings (SSSR count). The highest BCUT2D eigenvalue weighted by Gasteiger charge is 2.32. The van der Waals surface area contributed by atoms with E-state index in [1.165, 1.54) is 16.9 Å². The minimum atomic E-state index is -4.63. The third kappa shape index (κ3) is 3.51. The molecule has 0 aliphatic heterocycles. The van der Waals surface area contributed by atoms with Gasteiger partial charge in [-0.1, -0.05) is 0 Å². The standard InChI is InChI=1S/C16H12F3N7O2S/c1-25-15-10(6-22-25)5-20-8-13(15)24-29(27,28)12-7-23-26(9-12)11-2-3-21-14(4-11)16(17,18)19/h2-9,24H,1H3. The van der Waals surface area contributed by atoms with Gasteiger partial charge in [0, 0.05) is 24.8 Å². The first-order valence-corrected chi connectivity index (χ1v) is 9.50. The summed E-state index contributed by atoms with van der Waals surface area (Å²) in [5.41, 5.74) is -0.357. The molecule has 0 unspecified atom stereocenters. The Morgan fingerprint density at radius 2 is 1.90 bits per heavy atom. The van der Waals surface area contributed by atoms with Crippen molar-refractivity contribution in [3.8, 4) is 5.69 Å². The lowest BCUT2D eigenvalue weighted by Crippen LogP contribution is -2.13. The zero-order valence-corrected chi connectivity index (χ0v) is 15.5. The molecule has 29 heavy (non-hydrogen) atoms. The number of sulfonamides is 1. The number of fused-ring (bicyclic) bond motifs is 1. The second-order valence-electron chi connectivity index (χ2n) is 6.02. The molecule has 0 bridgehead atoms. The van der Waals surface area contributed by atoms with Gasteiger partial charge in [0.15, 0.2) is 0 Å². The molecule has 4 aromatic rings. The summed E-state index contributed by atoms with van der Waals surface area (Å²) in [5, 5.41) is 8.55. The second-order valence-corrected chi connectivity index (χ2v) is 7.70. The van der Waals surface area contributed by atoms with E-state index in [2.05, 4.69) is 24.9 Å². The Kier molecular flexibility index (Phi) is 4.26. The Bertz CT molecular complexity index is 1310. The van der Waals surface area contributed by atoms with Crippen molar-refractivity contribution in [2.75, 3.05) is 4.72 Å². The van der Waals surface area contributed by atoms with E-state index >= 15 is 0 Å². The number of hydrogen-bond acceptors (Lipinski definition) is 6. The number of pyridine rings is 2. The number of hydrogen-bond donors (Lipinski definition) is 1. The molecular weight excluding hydrogens is 411 g/mol. The molecule has 9 nitrogen and oxygen atoms in total. The highest BCUT2D eigenvalue weighted by atomic mass is 32.2. The smallest absolute Gasteiger partial charge is 0.276 e. The molecule has 0 saturated heterocycles. The summed E-state index contributed by atoms with van der Waals surface area (Å²) in [4.78, 5) is 7.01. The Labute approximate surface area is 161 Å². The fourth-order valence-corrected chi connectivity index (χ4v) is 3.69. The van der Waals surface area contributed by atoms with Crippen LogP contribution in [-0.2, 0) is 23.2 Å². The molecule has 1 N–H and O–H groups in total. The summed E-state index contributed by atoms with van der Waals surface area (Å²) in [5.74, 6) is 0. The Morgan fingerprint density at radius 1 is 1.10 bits per heavy atom. The summed E-state index contributed by atoms with van der Waals surface area (Å²) >= 11 is 0. The number of nitrogens with one attached hydrogen (secondary N) is 1. The van der Waals surface area contributed by atoms with Crippen molar-refractivity contribution in [3.63, 3.8) is 0 Å². The average molecular weight is 423 g/mol. The lowest BCUT2D eigenvalue weighted by Gasteiger charge is -2.08. The van der Waals surface area contributed by atoms with Crippen LogP contribution in [0.3, 0.4) is 0 Å². The molecular formula is C16H12F3N7O2S. The first-order chi connectivity index (χ1) is 13.6. The first-order valence-electron chi connectivity index (χ1n) is 8.02. The molecule has 0 atom stereocenters. The Hall–Kier alpha value is -3.48. The van der Waals surface area contributed by atoms with E-state index < -0.39 is 21.9 Å². The number of aryl methyl sites for hydroxylation is 1. The van der Waals surface area contributed by atoms with Gasteiger partial charge in [0.25, 0.3) is 10.0 Å². The molecule has 0 aliphatic carbocycles. The normalized spacial score (nSPS) is 12.4. The molecule has 150 valence electrons. The molecule has 4 heterocycles. The summed E-state index contributed by atoms with van der Waals surface area (Å²) in [7, 11) is -2.42. The molecule has 0 radical (unpaired) electrons. The number of rotatable bonds is 4. The highest BCUT2D eigenvalue weighted by molar-refractivity contribution is 7.92. The van der Waals surface area contributed by atoms with Crippen molar-refractivity contribution in [1.82, 2.24) is 29.5 Å². The third-order valence-electron chi connectivity index (χ3n) is 4.05. The topological polar surface area (TPSA) is 108 Å². The monoisotopic (exact) mass is 423 g/mol. The van der Waals surface area contributed by atoms with Crippen molar-refractivity contribution in [3.05, 3.63) is 55.0 Å². The van der Waals surface area contributed by atoms with Gasteiger partial charge < -0.3 is 0 Å². The fourth-order valence-electron chi connectivity index (χ4n) is 2.71. The average Bonchev–Trinajstić information content (AvgIpc) is 3.30. The molecule has 0 aromatic carbocycles. The van der Waals surface area contributed by atoms with E-state index in [9.17, 15) is 21.6 Å². The van der Waals surface area contributed by atoms with Crippen LogP contribution in [0.25, 0.3) is 16.6 Å². The van der Waals surface area contributed by atoms with Crippen molar-refractivity contribution < 1.29 is 21.6 Å². The lowest BCUT2D eigenvalue weighted by atomic mass is 10.3. The van der Waals surface area contributed by atoms with E-state index in [1.807, 2.05) is 0 Å². The lowest BCUT2D eigenvalue weighted by molar-refractivity contribution is -0.141. The van der Waals surface area contributed by atoms with Crippen LogP contribution in [0, 0.1) is 0 Å². The number of anilines is 1. The third-order valence-corrected chi connectivity index (χ3v) is 5.37. The predicted molar refractivity (Wildman–Crippen MR) is 95.7 cm³/mol. The SMILES string of the molecule is Cn1ncc2cncc(NS(=O)(=O)c3cnn(-c4ccnc(C(F)(F)F)c4)c3)c21. The molecule has 0 spiro atoms. The van der Waals surface area contributed by atoms with Crippen molar-refractivity contribution in [2.24, 2.45) is 7.05 Å². The van der Waals surface area contributed by atoms with E-state index in [0.29, 0.717) is 10.9 Å². The van der Waals surface area contributed by atoms with Crippen LogP contribution in [-0.4, -0.2) is 37.9 Å². The van der Waals surface area contributed by atoms with E-state index in [4.69, 9.17) is 0 Å². The minimum absolute atomic E-state index is 0.0178. The van der Waals surface area contributed by atoms with Gasteiger partial charge in [-0.25, -0.2) is 13.1 Å². The number of halogens is 3. The highest BCUT2D eigenvalue weighted by Crippen LogP contribution is 2.29. The zero-order valence-electron chi connectivity index (χ0n) is 14.7. The predicted octanol–water partition coefficient (Wildman–Crippen LogP) is 2.37. The molecule has 0 amide bonds. The van der Waals surface area contributed by atoms with Crippen LogP contribution in [0.2, 0.25) is 0 Å². The van der Waals surface area contributed by atoms with Crippen LogP contribution < -0.4 is 4.72 Å². The number of aromatic nitrogens is 6. The summed E-state index contributed by atoms with van der Waals surface area (Å²) in [6.07, 6.45) is 2.90.